The molecule has 0 aliphatic heterocycles. The van der Waals surface area contributed by atoms with Gasteiger partial charge in [-0.15, -0.1) is 35.1 Å². The summed E-state index contributed by atoms with van der Waals surface area (Å²) in [5, 5.41) is 7.51. The van der Waals surface area contributed by atoms with Gasteiger partial charge in [0.1, 0.15) is 10.7 Å². The van der Waals surface area contributed by atoms with E-state index in [9.17, 15) is 4.79 Å². The highest BCUT2D eigenvalue weighted by atomic mass is 35.5. The maximum absolute atomic E-state index is 11.9. The predicted molar refractivity (Wildman–Crippen MR) is 82.2 cm³/mol. The largest absolute Gasteiger partial charge is 0.348 e. The van der Waals surface area contributed by atoms with Gasteiger partial charge in [-0.05, 0) is 18.4 Å². The molecule has 1 atom stereocenters. The number of carbonyl (C=O) groups excluding carboxylic acids is 1. The van der Waals surface area contributed by atoms with E-state index >= 15 is 0 Å². The predicted octanol–water partition coefficient (Wildman–Crippen LogP) is 2.45. The smallest absolute Gasteiger partial charge is 0.270 e. The minimum Gasteiger partial charge on any atom is -0.348 e. The number of nitrogens with one attached hydrogen (secondary N) is 1. The van der Waals surface area contributed by atoms with Crippen LogP contribution in [0.5, 0.6) is 0 Å². The number of hydrogen-bond donors (Lipinski definition) is 2. The minimum absolute atomic E-state index is 0. The van der Waals surface area contributed by atoms with Gasteiger partial charge in [-0.1, -0.05) is 6.07 Å². The zero-order chi connectivity index (χ0) is 13.0. The van der Waals surface area contributed by atoms with Gasteiger partial charge in [0.05, 0.1) is 0 Å². The summed E-state index contributed by atoms with van der Waals surface area (Å²) in [6, 6.07) is 4.18. The zero-order valence-corrected chi connectivity index (χ0v) is 12.9. The molecule has 2 aromatic rings. The van der Waals surface area contributed by atoms with Crippen molar-refractivity contribution < 1.29 is 4.79 Å². The van der Waals surface area contributed by atoms with Gasteiger partial charge in [-0.2, -0.15) is 0 Å². The number of halogens is 1. The van der Waals surface area contributed by atoms with Crippen LogP contribution >= 0.6 is 35.1 Å². The van der Waals surface area contributed by atoms with E-state index in [1.807, 2.05) is 18.4 Å². The van der Waals surface area contributed by atoms with Crippen molar-refractivity contribution in [1.29, 1.82) is 0 Å². The molecule has 1 amide bonds. The standard InChI is InChI=1S/C12H15N3OS2.ClH/c1-8(5-9-3-2-4-17-9)14-12(16)10-7-18-11(6-13)15-10;/h2-4,7-8H,5-6,13H2,1H3,(H,14,16);1H. The van der Waals surface area contributed by atoms with Crippen LogP contribution in [-0.4, -0.2) is 16.9 Å². The summed E-state index contributed by atoms with van der Waals surface area (Å²) in [5.41, 5.74) is 5.93. The lowest BCUT2D eigenvalue weighted by atomic mass is 10.2. The molecule has 0 aliphatic rings. The molecule has 2 rings (SSSR count). The number of thiophene rings is 1. The molecular weight excluding hydrogens is 302 g/mol. The van der Waals surface area contributed by atoms with Crippen molar-refractivity contribution >= 4 is 41.0 Å². The van der Waals surface area contributed by atoms with Crippen LogP contribution in [0.2, 0.25) is 0 Å². The number of carbonyl (C=O) groups is 1. The Hall–Kier alpha value is -0.950. The van der Waals surface area contributed by atoms with Crippen LogP contribution < -0.4 is 11.1 Å². The number of amides is 1. The fraction of sp³-hybridized carbons (Fsp3) is 0.333. The summed E-state index contributed by atoms with van der Waals surface area (Å²) >= 11 is 3.12. The fourth-order valence-electron chi connectivity index (χ4n) is 1.59. The molecular formula is C12H16ClN3OS2. The van der Waals surface area contributed by atoms with Crippen LogP contribution in [0.25, 0.3) is 0 Å². The molecule has 0 spiro atoms. The number of nitrogens with two attached hydrogens (primary N) is 1. The average Bonchev–Trinajstić information content (AvgIpc) is 2.98. The van der Waals surface area contributed by atoms with Crippen molar-refractivity contribution in [3.63, 3.8) is 0 Å². The van der Waals surface area contributed by atoms with E-state index < -0.39 is 0 Å². The SMILES string of the molecule is CC(Cc1cccs1)NC(=O)c1csc(CN)n1.Cl. The molecule has 7 heteroatoms. The molecule has 0 fully saturated rings. The molecule has 3 N–H and O–H groups in total. The Morgan fingerprint density at radius 3 is 2.89 bits per heavy atom. The van der Waals surface area contributed by atoms with E-state index in [4.69, 9.17) is 5.73 Å². The van der Waals surface area contributed by atoms with E-state index in [2.05, 4.69) is 16.4 Å². The summed E-state index contributed by atoms with van der Waals surface area (Å²) in [7, 11) is 0. The number of thiazole rings is 1. The molecule has 0 saturated carbocycles. The lowest BCUT2D eigenvalue weighted by molar-refractivity contribution is 0.0935. The Morgan fingerprint density at radius 2 is 2.32 bits per heavy atom. The van der Waals surface area contributed by atoms with Crippen molar-refractivity contribution in [3.8, 4) is 0 Å². The van der Waals surface area contributed by atoms with E-state index in [0.717, 1.165) is 11.4 Å². The Balaban J connectivity index is 0.00000180. The van der Waals surface area contributed by atoms with Gasteiger partial charge in [-0.3, -0.25) is 4.79 Å². The summed E-state index contributed by atoms with van der Waals surface area (Å²) < 4.78 is 0. The molecule has 104 valence electrons. The molecule has 0 aromatic carbocycles. The third-order valence-corrected chi connectivity index (χ3v) is 4.19. The molecule has 2 heterocycles. The summed E-state index contributed by atoms with van der Waals surface area (Å²) in [6.07, 6.45) is 0.845. The molecule has 0 saturated heterocycles. The summed E-state index contributed by atoms with van der Waals surface area (Å²) in [5.74, 6) is -0.130. The van der Waals surface area contributed by atoms with Crippen molar-refractivity contribution in [2.24, 2.45) is 5.73 Å². The quantitative estimate of drug-likeness (QED) is 0.890. The second-order valence-corrected chi connectivity index (χ2v) is 5.96. The van der Waals surface area contributed by atoms with Crippen LogP contribution in [0.1, 0.15) is 27.3 Å². The molecule has 4 nitrogen and oxygen atoms in total. The van der Waals surface area contributed by atoms with E-state index in [1.165, 1.54) is 16.2 Å². The van der Waals surface area contributed by atoms with Gasteiger partial charge < -0.3 is 11.1 Å². The summed E-state index contributed by atoms with van der Waals surface area (Å²) in [4.78, 5) is 17.3. The monoisotopic (exact) mass is 317 g/mol. The molecule has 1 unspecified atom stereocenters. The van der Waals surface area contributed by atoms with Gasteiger partial charge in [0.15, 0.2) is 0 Å². The highest BCUT2D eigenvalue weighted by molar-refractivity contribution is 7.10. The van der Waals surface area contributed by atoms with E-state index in [-0.39, 0.29) is 24.4 Å². The number of hydrogen-bond acceptors (Lipinski definition) is 5. The maximum atomic E-state index is 11.9. The number of aromatic nitrogens is 1. The Labute approximate surface area is 126 Å². The maximum Gasteiger partial charge on any atom is 0.270 e. The van der Waals surface area contributed by atoms with Gasteiger partial charge in [0.25, 0.3) is 5.91 Å². The van der Waals surface area contributed by atoms with Crippen molar-refractivity contribution in [3.05, 3.63) is 38.5 Å². The Kier molecular flexibility index (Phi) is 6.44. The molecule has 0 bridgehead atoms. The first-order chi connectivity index (χ1) is 8.69. The molecule has 2 aromatic heterocycles. The second-order valence-electron chi connectivity index (χ2n) is 3.99. The van der Waals surface area contributed by atoms with Crippen molar-refractivity contribution in [1.82, 2.24) is 10.3 Å². The Morgan fingerprint density at radius 1 is 1.53 bits per heavy atom. The lowest BCUT2D eigenvalue weighted by Gasteiger charge is -2.11. The highest BCUT2D eigenvalue weighted by Gasteiger charge is 2.13. The Bertz CT molecular complexity index is 513. The summed E-state index contributed by atoms with van der Waals surface area (Å²) in [6.45, 7) is 2.37. The van der Waals surface area contributed by atoms with Crippen LogP contribution in [0.15, 0.2) is 22.9 Å². The topological polar surface area (TPSA) is 68.0 Å². The van der Waals surface area contributed by atoms with Crippen molar-refractivity contribution in [2.45, 2.75) is 25.9 Å². The fourth-order valence-corrected chi connectivity index (χ4v) is 3.08. The first-order valence-electron chi connectivity index (χ1n) is 5.66. The van der Waals surface area contributed by atoms with Gasteiger partial charge in [-0.25, -0.2) is 4.98 Å². The molecule has 0 radical (unpaired) electrons. The van der Waals surface area contributed by atoms with Crippen LogP contribution in [0.3, 0.4) is 0 Å². The lowest BCUT2D eigenvalue weighted by Crippen LogP contribution is -2.34. The number of nitrogens with zero attached hydrogens (tertiary/aromatic N) is 1. The zero-order valence-electron chi connectivity index (χ0n) is 10.5. The third kappa shape index (κ3) is 4.58. The number of rotatable bonds is 5. The van der Waals surface area contributed by atoms with Crippen LogP contribution in [0.4, 0.5) is 0 Å². The minimum atomic E-state index is -0.130. The first kappa shape index (κ1) is 16.1. The van der Waals surface area contributed by atoms with Gasteiger partial charge in [0.2, 0.25) is 0 Å². The normalized spacial score (nSPS) is 11.7. The van der Waals surface area contributed by atoms with Crippen LogP contribution in [-0.2, 0) is 13.0 Å². The first-order valence-corrected chi connectivity index (χ1v) is 7.42. The average molecular weight is 318 g/mol. The van der Waals surface area contributed by atoms with E-state index in [0.29, 0.717) is 12.2 Å². The van der Waals surface area contributed by atoms with Crippen molar-refractivity contribution in [2.75, 3.05) is 0 Å². The van der Waals surface area contributed by atoms with E-state index in [1.54, 1.807) is 16.7 Å². The van der Waals surface area contributed by atoms with Gasteiger partial charge >= 0.3 is 0 Å². The molecule has 19 heavy (non-hydrogen) atoms. The molecule has 0 aliphatic carbocycles. The van der Waals surface area contributed by atoms with Gasteiger partial charge in [0, 0.05) is 29.3 Å². The third-order valence-electron chi connectivity index (χ3n) is 2.42. The second kappa shape index (κ2) is 7.59. The highest BCUT2D eigenvalue weighted by Crippen LogP contribution is 2.12. The van der Waals surface area contributed by atoms with Crippen LogP contribution in [0, 0.1) is 0 Å².